The minimum absolute atomic E-state index is 0.0804. The SMILES string of the molecule is CC(=O)Nc1cccc(NC(=O)Cc2ccccc2O)c1. The van der Waals surface area contributed by atoms with E-state index in [1.54, 1.807) is 48.5 Å². The average Bonchev–Trinajstić information content (AvgIpc) is 2.41. The Morgan fingerprint density at radius 3 is 2.33 bits per heavy atom. The summed E-state index contributed by atoms with van der Waals surface area (Å²) < 4.78 is 0. The van der Waals surface area contributed by atoms with Crippen molar-refractivity contribution in [3.05, 3.63) is 54.1 Å². The number of phenols is 1. The second-order valence-corrected chi connectivity index (χ2v) is 4.62. The molecule has 0 radical (unpaired) electrons. The molecule has 0 aliphatic carbocycles. The maximum atomic E-state index is 12.0. The first-order valence-electron chi connectivity index (χ1n) is 6.49. The summed E-state index contributed by atoms with van der Waals surface area (Å²) in [6.07, 6.45) is 0.0804. The number of phenolic OH excluding ortho intramolecular Hbond substituents is 1. The lowest BCUT2D eigenvalue weighted by Crippen LogP contribution is -2.14. The van der Waals surface area contributed by atoms with Gasteiger partial charge in [0.15, 0.2) is 0 Å². The van der Waals surface area contributed by atoms with E-state index in [9.17, 15) is 14.7 Å². The zero-order valence-electron chi connectivity index (χ0n) is 11.6. The highest BCUT2D eigenvalue weighted by atomic mass is 16.3. The summed E-state index contributed by atoms with van der Waals surface area (Å²) in [5, 5.41) is 15.0. The topological polar surface area (TPSA) is 78.4 Å². The lowest BCUT2D eigenvalue weighted by Gasteiger charge is -2.08. The predicted molar refractivity (Wildman–Crippen MR) is 81.2 cm³/mol. The lowest BCUT2D eigenvalue weighted by atomic mass is 10.1. The van der Waals surface area contributed by atoms with Crippen molar-refractivity contribution in [1.29, 1.82) is 0 Å². The van der Waals surface area contributed by atoms with E-state index in [1.165, 1.54) is 6.92 Å². The van der Waals surface area contributed by atoms with E-state index in [4.69, 9.17) is 0 Å². The molecule has 5 heteroatoms. The maximum absolute atomic E-state index is 12.0. The summed E-state index contributed by atoms with van der Waals surface area (Å²) in [5.41, 5.74) is 1.76. The third-order valence-corrected chi connectivity index (χ3v) is 2.81. The van der Waals surface area contributed by atoms with Crippen molar-refractivity contribution in [2.24, 2.45) is 0 Å². The minimum atomic E-state index is -0.239. The van der Waals surface area contributed by atoms with Gasteiger partial charge in [-0.2, -0.15) is 0 Å². The number of aromatic hydroxyl groups is 1. The molecule has 21 heavy (non-hydrogen) atoms. The summed E-state index contributed by atoms with van der Waals surface area (Å²) in [7, 11) is 0. The van der Waals surface area contributed by atoms with Crippen LogP contribution < -0.4 is 10.6 Å². The van der Waals surface area contributed by atoms with Crippen LogP contribution in [0.2, 0.25) is 0 Å². The van der Waals surface area contributed by atoms with Crippen LogP contribution in [0.25, 0.3) is 0 Å². The number of rotatable bonds is 4. The van der Waals surface area contributed by atoms with Gasteiger partial charge < -0.3 is 15.7 Å². The fourth-order valence-electron chi connectivity index (χ4n) is 1.92. The quantitative estimate of drug-likeness (QED) is 0.807. The van der Waals surface area contributed by atoms with Crippen LogP contribution in [0.4, 0.5) is 11.4 Å². The molecule has 0 atom stereocenters. The first kappa shape index (κ1) is 14.6. The van der Waals surface area contributed by atoms with Crippen LogP contribution in [0, 0.1) is 0 Å². The average molecular weight is 284 g/mol. The van der Waals surface area contributed by atoms with Crippen LogP contribution in [-0.4, -0.2) is 16.9 Å². The molecule has 0 saturated heterocycles. The minimum Gasteiger partial charge on any atom is -0.508 e. The van der Waals surface area contributed by atoms with Crippen molar-refractivity contribution >= 4 is 23.2 Å². The molecule has 0 aliphatic rings. The van der Waals surface area contributed by atoms with Crippen LogP contribution in [0.5, 0.6) is 5.75 Å². The van der Waals surface area contributed by atoms with Gasteiger partial charge in [0.25, 0.3) is 0 Å². The van der Waals surface area contributed by atoms with E-state index in [0.29, 0.717) is 16.9 Å². The van der Waals surface area contributed by atoms with E-state index in [-0.39, 0.29) is 24.0 Å². The molecule has 108 valence electrons. The number of benzene rings is 2. The molecule has 0 aromatic heterocycles. The highest BCUT2D eigenvalue weighted by Crippen LogP contribution is 2.18. The van der Waals surface area contributed by atoms with Gasteiger partial charge in [-0.15, -0.1) is 0 Å². The van der Waals surface area contributed by atoms with E-state index in [2.05, 4.69) is 10.6 Å². The van der Waals surface area contributed by atoms with E-state index >= 15 is 0 Å². The zero-order chi connectivity index (χ0) is 15.2. The smallest absolute Gasteiger partial charge is 0.228 e. The van der Waals surface area contributed by atoms with Crippen LogP contribution in [0.1, 0.15) is 12.5 Å². The van der Waals surface area contributed by atoms with Crippen molar-refractivity contribution in [3.63, 3.8) is 0 Å². The third kappa shape index (κ3) is 4.35. The normalized spacial score (nSPS) is 9.95. The Balaban J connectivity index is 2.03. The van der Waals surface area contributed by atoms with Crippen molar-refractivity contribution in [3.8, 4) is 5.75 Å². The zero-order valence-corrected chi connectivity index (χ0v) is 11.6. The molecule has 0 spiro atoms. The van der Waals surface area contributed by atoms with E-state index < -0.39 is 0 Å². The molecule has 5 nitrogen and oxygen atoms in total. The highest BCUT2D eigenvalue weighted by molar-refractivity contribution is 5.94. The van der Waals surface area contributed by atoms with Crippen LogP contribution in [0.3, 0.4) is 0 Å². The fraction of sp³-hybridized carbons (Fsp3) is 0.125. The first-order valence-corrected chi connectivity index (χ1v) is 6.49. The van der Waals surface area contributed by atoms with Crippen molar-refractivity contribution in [2.75, 3.05) is 10.6 Å². The van der Waals surface area contributed by atoms with Crippen molar-refractivity contribution < 1.29 is 14.7 Å². The summed E-state index contributed by atoms with van der Waals surface area (Å²) in [5.74, 6) is -0.316. The molecule has 0 saturated carbocycles. The van der Waals surface area contributed by atoms with Gasteiger partial charge in [0, 0.05) is 23.9 Å². The number of amides is 2. The molecule has 0 heterocycles. The van der Waals surface area contributed by atoms with Crippen molar-refractivity contribution in [2.45, 2.75) is 13.3 Å². The molecule has 2 amide bonds. The Morgan fingerprint density at radius 2 is 1.67 bits per heavy atom. The van der Waals surface area contributed by atoms with Gasteiger partial charge in [0.2, 0.25) is 11.8 Å². The molecule has 3 N–H and O–H groups in total. The Labute approximate surface area is 122 Å². The third-order valence-electron chi connectivity index (χ3n) is 2.81. The second-order valence-electron chi connectivity index (χ2n) is 4.62. The molecule has 0 aliphatic heterocycles. The van der Waals surface area contributed by atoms with Crippen LogP contribution in [-0.2, 0) is 16.0 Å². The molecule has 2 rings (SSSR count). The standard InChI is InChI=1S/C16H16N2O3/c1-11(19)17-13-6-4-7-14(10-13)18-16(21)9-12-5-2-3-8-15(12)20/h2-8,10,20H,9H2,1H3,(H,17,19)(H,18,21). The van der Waals surface area contributed by atoms with Gasteiger partial charge >= 0.3 is 0 Å². The summed E-state index contributed by atoms with van der Waals surface area (Å²) in [4.78, 5) is 23.0. The molecule has 0 bridgehead atoms. The first-order chi connectivity index (χ1) is 10.0. The van der Waals surface area contributed by atoms with Gasteiger partial charge in [-0.05, 0) is 24.3 Å². The Morgan fingerprint density at radius 1 is 1.00 bits per heavy atom. The van der Waals surface area contributed by atoms with Gasteiger partial charge in [0.1, 0.15) is 5.75 Å². The maximum Gasteiger partial charge on any atom is 0.228 e. The molecule has 2 aromatic carbocycles. The van der Waals surface area contributed by atoms with Crippen LogP contribution in [0.15, 0.2) is 48.5 Å². The second kappa shape index (κ2) is 6.56. The fourth-order valence-corrected chi connectivity index (χ4v) is 1.92. The van der Waals surface area contributed by atoms with Gasteiger partial charge in [-0.1, -0.05) is 24.3 Å². The van der Waals surface area contributed by atoms with Gasteiger partial charge in [0.05, 0.1) is 6.42 Å². The largest absolute Gasteiger partial charge is 0.508 e. The molecular weight excluding hydrogens is 268 g/mol. The Bertz CT molecular complexity index is 668. The molecular formula is C16H16N2O3. The number of nitrogens with one attached hydrogen (secondary N) is 2. The summed E-state index contributed by atoms with van der Waals surface area (Å²) >= 11 is 0. The molecule has 0 unspecified atom stereocenters. The van der Waals surface area contributed by atoms with Crippen molar-refractivity contribution in [1.82, 2.24) is 0 Å². The van der Waals surface area contributed by atoms with Gasteiger partial charge in [-0.3, -0.25) is 9.59 Å². The number of para-hydroxylation sites is 1. The Kier molecular flexibility index (Phi) is 4.56. The van der Waals surface area contributed by atoms with Gasteiger partial charge in [-0.25, -0.2) is 0 Å². The predicted octanol–water partition coefficient (Wildman–Crippen LogP) is 2.53. The summed E-state index contributed by atoms with van der Waals surface area (Å²) in [6, 6.07) is 13.6. The molecule has 2 aromatic rings. The number of carbonyl (C=O) groups excluding carboxylic acids is 2. The number of hydrogen-bond donors (Lipinski definition) is 3. The number of hydrogen-bond acceptors (Lipinski definition) is 3. The summed E-state index contributed by atoms with van der Waals surface area (Å²) in [6.45, 7) is 1.42. The van der Waals surface area contributed by atoms with E-state index in [0.717, 1.165) is 0 Å². The lowest BCUT2D eigenvalue weighted by molar-refractivity contribution is -0.116. The molecule has 0 fully saturated rings. The number of carbonyl (C=O) groups is 2. The Hall–Kier alpha value is -2.82. The monoisotopic (exact) mass is 284 g/mol. The highest BCUT2D eigenvalue weighted by Gasteiger charge is 2.08. The van der Waals surface area contributed by atoms with E-state index in [1.807, 2.05) is 0 Å². The number of anilines is 2. The van der Waals surface area contributed by atoms with Crippen LogP contribution >= 0.6 is 0 Å².